The number of methoxy groups -OCH3 is 1. The average molecular weight is 386 g/mol. The Morgan fingerprint density at radius 1 is 1.00 bits per heavy atom. The van der Waals surface area contributed by atoms with Gasteiger partial charge in [-0.1, -0.05) is 6.92 Å². The second kappa shape index (κ2) is 10.5. The van der Waals surface area contributed by atoms with Crippen molar-refractivity contribution in [2.45, 2.75) is 33.4 Å². The van der Waals surface area contributed by atoms with Gasteiger partial charge >= 0.3 is 13.6 Å². The van der Waals surface area contributed by atoms with Gasteiger partial charge < -0.3 is 18.5 Å². The van der Waals surface area contributed by atoms with Gasteiger partial charge in [-0.05, 0) is 45.0 Å². The number of esters is 1. The highest BCUT2D eigenvalue weighted by Crippen LogP contribution is 2.56. The molecule has 7 nitrogen and oxygen atoms in total. The van der Waals surface area contributed by atoms with E-state index in [-0.39, 0.29) is 25.6 Å². The summed E-state index contributed by atoms with van der Waals surface area (Å²) in [6, 6.07) is 6.46. The van der Waals surface area contributed by atoms with Crippen molar-refractivity contribution in [3.63, 3.8) is 0 Å². The van der Waals surface area contributed by atoms with Crippen molar-refractivity contribution in [2.75, 3.05) is 26.9 Å². The minimum absolute atomic E-state index is 0.0800. The van der Waals surface area contributed by atoms with Crippen molar-refractivity contribution in [3.05, 3.63) is 29.8 Å². The molecule has 0 aliphatic rings. The highest BCUT2D eigenvalue weighted by molar-refractivity contribution is 7.55. The average Bonchev–Trinajstić information content (AvgIpc) is 2.61. The lowest BCUT2D eigenvalue weighted by Gasteiger charge is -2.28. The lowest BCUT2D eigenvalue weighted by atomic mass is 9.96. The number of rotatable bonds is 11. The quantitative estimate of drug-likeness (QED) is 0.325. The summed E-state index contributed by atoms with van der Waals surface area (Å²) in [5.41, 5.74) is -0.968. The van der Waals surface area contributed by atoms with E-state index in [2.05, 4.69) is 0 Å². The van der Waals surface area contributed by atoms with Crippen molar-refractivity contribution in [1.82, 2.24) is 0 Å². The number of hydrogen-bond donors (Lipinski definition) is 0. The van der Waals surface area contributed by atoms with Crippen LogP contribution in [0.15, 0.2) is 24.3 Å². The van der Waals surface area contributed by atoms with E-state index in [9.17, 15) is 14.2 Å². The van der Waals surface area contributed by atoms with Crippen molar-refractivity contribution < 1.29 is 32.7 Å². The molecule has 0 saturated carbocycles. The minimum Gasteiger partial charge on any atom is -0.497 e. The molecule has 0 heterocycles. The number of Topliss-reactive ketones (excluding diaryl/α,β-unsaturated/α-hetero) is 1. The number of carbonyl (C=O) groups is 2. The predicted octanol–water partition coefficient (Wildman–Crippen LogP) is 3.71. The Labute approximate surface area is 154 Å². The Balaban J connectivity index is 3.24. The third-order valence-electron chi connectivity index (χ3n) is 3.75. The maximum atomic E-state index is 13.2. The van der Waals surface area contributed by atoms with Crippen LogP contribution in [0.1, 0.15) is 38.1 Å². The Morgan fingerprint density at radius 2 is 1.54 bits per heavy atom. The van der Waals surface area contributed by atoms with Crippen LogP contribution in [-0.2, 0) is 23.1 Å². The summed E-state index contributed by atoms with van der Waals surface area (Å²) in [5, 5.41) is 0. The molecule has 0 spiro atoms. The van der Waals surface area contributed by atoms with Gasteiger partial charge in [0.2, 0.25) is 0 Å². The zero-order chi connectivity index (χ0) is 19.7. The third kappa shape index (κ3) is 5.40. The second-order valence-electron chi connectivity index (χ2n) is 5.45. The molecule has 0 radical (unpaired) electrons. The Hall–Kier alpha value is -1.69. The van der Waals surface area contributed by atoms with E-state index < -0.39 is 25.1 Å². The zero-order valence-electron chi connectivity index (χ0n) is 15.9. The maximum Gasteiger partial charge on any atom is 0.345 e. The Bertz CT molecular complexity index is 631. The summed E-state index contributed by atoms with van der Waals surface area (Å²) >= 11 is 0. The fourth-order valence-corrected chi connectivity index (χ4v) is 4.69. The van der Waals surface area contributed by atoms with Crippen LogP contribution in [-0.4, -0.2) is 44.3 Å². The fourth-order valence-electron chi connectivity index (χ4n) is 2.55. The van der Waals surface area contributed by atoms with E-state index in [1.807, 2.05) is 0 Å². The number of ketones is 1. The smallest absolute Gasteiger partial charge is 0.345 e. The highest BCUT2D eigenvalue weighted by atomic mass is 31.2. The zero-order valence-corrected chi connectivity index (χ0v) is 16.8. The number of benzene rings is 1. The van der Waals surface area contributed by atoms with E-state index in [1.165, 1.54) is 14.0 Å². The summed E-state index contributed by atoms with van der Waals surface area (Å²) in [5.74, 6) is -1.48. The molecule has 0 saturated heterocycles. The summed E-state index contributed by atoms with van der Waals surface area (Å²) in [7, 11) is -2.36. The summed E-state index contributed by atoms with van der Waals surface area (Å²) < 4.78 is 33.9. The van der Waals surface area contributed by atoms with E-state index in [0.29, 0.717) is 11.3 Å². The van der Waals surface area contributed by atoms with Gasteiger partial charge in [0, 0.05) is 11.5 Å². The monoisotopic (exact) mass is 386 g/mol. The first kappa shape index (κ1) is 22.4. The SMILES string of the molecule is CCOC(=O)C(C(C)C(=O)c1ccc(OC)cc1)P(=O)(OCC)OCC. The molecule has 2 unspecified atom stereocenters. The summed E-state index contributed by atoms with van der Waals surface area (Å²) in [6.07, 6.45) is 0. The molecule has 0 aliphatic heterocycles. The van der Waals surface area contributed by atoms with Crippen LogP contribution in [0.3, 0.4) is 0 Å². The molecule has 0 N–H and O–H groups in total. The molecule has 0 bridgehead atoms. The van der Waals surface area contributed by atoms with Crippen molar-refractivity contribution in [2.24, 2.45) is 5.92 Å². The van der Waals surface area contributed by atoms with Gasteiger partial charge in [0.25, 0.3) is 0 Å². The first-order valence-electron chi connectivity index (χ1n) is 8.58. The van der Waals surface area contributed by atoms with Crippen molar-refractivity contribution in [3.8, 4) is 5.75 Å². The number of ether oxygens (including phenoxy) is 2. The standard InChI is InChI=1S/C18H27O7P/c1-6-23-18(20)17(26(21,24-7-2)25-8-3)13(4)16(19)14-9-11-15(22-5)12-10-14/h9-13,17H,6-8H2,1-5H3. The lowest BCUT2D eigenvalue weighted by Crippen LogP contribution is -2.36. The van der Waals surface area contributed by atoms with Gasteiger partial charge in [0.15, 0.2) is 11.4 Å². The van der Waals surface area contributed by atoms with Gasteiger partial charge in [0.1, 0.15) is 5.75 Å². The van der Waals surface area contributed by atoms with Gasteiger partial charge in [-0.25, -0.2) is 0 Å². The van der Waals surface area contributed by atoms with Crippen LogP contribution < -0.4 is 4.74 Å². The largest absolute Gasteiger partial charge is 0.497 e. The fraction of sp³-hybridized carbons (Fsp3) is 0.556. The molecule has 2 atom stereocenters. The van der Waals surface area contributed by atoms with Crippen LogP contribution in [0.25, 0.3) is 0 Å². The predicted molar refractivity (Wildman–Crippen MR) is 97.8 cm³/mol. The van der Waals surface area contributed by atoms with E-state index in [4.69, 9.17) is 18.5 Å². The van der Waals surface area contributed by atoms with Crippen molar-refractivity contribution in [1.29, 1.82) is 0 Å². The molecule has 1 aromatic rings. The molecule has 0 fully saturated rings. The number of hydrogen-bond acceptors (Lipinski definition) is 7. The van der Waals surface area contributed by atoms with Gasteiger partial charge in [-0.3, -0.25) is 14.2 Å². The molecule has 8 heteroatoms. The van der Waals surface area contributed by atoms with E-state index in [0.717, 1.165) is 0 Å². The molecular formula is C18H27O7P. The molecule has 26 heavy (non-hydrogen) atoms. The molecular weight excluding hydrogens is 359 g/mol. The van der Waals surface area contributed by atoms with E-state index >= 15 is 0 Å². The Kier molecular flexibility index (Phi) is 8.99. The van der Waals surface area contributed by atoms with E-state index in [1.54, 1.807) is 45.0 Å². The minimum atomic E-state index is -3.88. The third-order valence-corrected chi connectivity index (χ3v) is 6.32. The van der Waals surface area contributed by atoms with Gasteiger partial charge in [-0.15, -0.1) is 0 Å². The molecule has 1 rings (SSSR count). The van der Waals surface area contributed by atoms with Crippen LogP contribution in [0.5, 0.6) is 5.75 Å². The topological polar surface area (TPSA) is 88.1 Å². The molecule has 0 aliphatic carbocycles. The van der Waals surface area contributed by atoms with Gasteiger partial charge in [0.05, 0.1) is 26.9 Å². The first-order valence-corrected chi connectivity index (χ1v) is 10.2. The molecule has 0 amide bonds. The maximum absolute atomic E-state index is 13.2. The summed E-state index contributed by atoms with van der Waals surface area (Å²) in [6.45, 7) is 6.70. The van der Waals surface area contributed by atoms with Crippen LogP contribution >= 0.6 is 7.60 Å². The molecule has 146 valence electrons. The molecule has 1 aromatic carbocycles. The number of carbonyl (C=O) groups excluding carboxylic acids is 2. The van der Waals surface area contributed by atoms with Crippen LogP contribution in [0.4, 0.5) is 0 Å². The molecule has 0 aromatic heterocycles. The highest BCUT2D eigenvalue weighted by Gasteiger charge is 2.48. The summed E-state index contributed by atoms with van der Waals surface area (Å²) in [4.78, 5) is 25.4. The first-order chi connectivity index (χ1) is 12.3. The Morgan fingerprint density at radius 3 is 1.96 bits per heavy atom. The second-order valence-corrected chi connectivity index (χ2v) is 7.61. The van der Waals surface area contributed by atoms with Gasteiger partial charge in [-0.2, -0.15) is 0 Å². The van der Waals surface area contributed by atoms with Crippen LogP contribution in [0.2, 0.25) is 0 Å². The normalized spacial score (nSPS) is 13.7. The van der Waals surface area contributed by atoms with Crippen LogP contribution in [0, 0.1) is 5.92 Å². The van der Waals surface area contributed by atoms with Crippen molar-refractivity contribution >= 4 is 19.3 Å². The lowest BCUT2D eigenvalue weighted by molar-refractivity contribution is -0.143.